The summed E-state index contributed by atoms with van der Waals surface area (Å²) in [5.74, 6) is -1.03. The van der Waals surface area contributed by atoms with Gasteiger partial charge >= 0.3 is 6.18 Å². The third-order valence-electron chi connectivity index (χ3n) is 5.71. The largest absolute Gasteiger partial charge is 0.418 e. The van der Waals surface area contributed by atoms with E-state index in [0.29, 0.717) is 31.6 Å². The van der Waals surface area contributed by atoms with Gasteiger partial charge in [-0.1, -0.05) is 25.1 Å². The van der Waals surface area contributed by atoms with Crippen molar-refractivity contribution in [3.8, 4) is 0 Å². The molecule has 2 aromatic carbocycles. The first kappa shape index (κ1) is 21.9. The maximum absolute atomic E-state index is 13.8. The zero-order valence-electron chi connectivity index (χ0n) is 17.4. The fraction of sp³-hybridized carbons (Fsp3) is 0.348. The molecule has 2 heterocycles. The highest BCUT2D eigenvalue weighted by molar-refractivity contribution is 6.12. The normalized spacial score (nSPS) is 20.5. The van der Waals surface area contributed by atoms with Crippen LogP contribution in [0, 0.1) is 0 Å². The number of hydrogen-bond acceptors (Lipinski definition) is 4. The Morgan fingerprint density at radius 2 is 2.06 bits per heavy atom. The first-order valence-corrected chi connectivity index (χ1v) is 10.5. The highest BCUT2D eigenvalue weighted by Crippen LogP contribution is 2.40. The lowest BCUT2D eigenvalue weighted by atomic mass is 10.0. The van der Waals surface area contributed by atoms with Crippen molar-refractivity contribution in [3.63, 3.8) is 0 Å². The summed E-state index contributed by atoms with van der Waals surface area (Å²) in [6, 6.07) is 10.9. The summed E-state index contributed by atoms with van der Waals surface area (Å²) in [7, 11) is 0. The molecule has 32 heavy (non-hydrogen) atoms. The highest BCUT2D eigenvalue weighted by Gasteiger charge is 2.37. The van der Waals surface area contributed by atoms with E-state index in [4.69, 9.17) is 0 Å². The number of amides is 2. The molecule has 2 unspecified atom stereocenters. The Kier molecular flexibility index (Phi) is 5.90. The van der Waals surface area contributed by atoms with Crippen molar-refractivity contribution in [1.82, 2.24) is 5.32 Å². The van der Waals surface area contributed by atoms with Gasteiger partial charge in [0.2, 0.25) is 11.8 Å². The van der Waals surface area contributed by atoms with Crippen molar-refractivity contribution in [2.45, 2.75) is 37.9 Å². The third-order valence-corrected chi connectivity index (χ3v) is 5.71. The number of para-hydroxylation sites is 1. The SMILES string of the molecule is CCC(=O)NC1CCN(c2ccc(N=CC3C(=O)Nc4ccccc43)cc2C(F)(F)F)C1. The van der Waals surface area contributed by atoms with Gasteiger partial charge in [-0.15, -0.1) is 0 Å². The molecular weight excluding hydrogens is 421 g/mol. The highest BCUT2D eigenvalue weighted by atomic mass is 19.4. The molecule has 2 atom stereocenters. The van der Waals surface area contributed by atoms with Crippen LogP contribution in [0.1, 0.15) is 36.8 Å². The van der Waals surface area contributed by atoms with Crippen LogP contribution < -0.4 is 15.5 Å². The van der Waals surface area contributed by atoms with Crippen molar-refractivity contribution >= 4 is 35.1 Å². The number of carbonyl (C=O) groups is 2. The zero-order valence-corrected chi connectivity index (χ0v) is 17.4. The number of nitrogens with one attached hydrogen (secondary N) is 2. The molecular formula is C23H23F3N4O2. The summed E-state index contributed by atoms with van der Waals surface area (Å²) in [5, 5.41) is 5.58. The van der Waals surface area contributed by atoms with Gasteiger partial charge in [0, 0.05) is 43.1 Å². The number of halogens is 3. The predicted octanol–water partition coefficient (Wildman–Crippen LogP) is 4.25. The Bertz CT molecular complexity index is 1070. The molecule has 9 heteroatoms. The minimum absolute atomic E-state index is 0.0636. The average molecular weight is 444 g/mol. The summed E-state index contributed by atoms with van der Waals surface area (Å²) in [4.78, 5) is 29.6. The lowest BCUT2D eigenvalue weighted by molar-refractivity contribution is -0.137. The lowest BCUT2D eigenvalue weighted by Crippen LogP contribution is -2.36. The monoisotopic (exact) mass is 444 g/mol. The number of hydrogen-bond donors (Lipinski definition) is 2. The number of carbonyl (C=O) groups excluding carboxylic acids is 2. The molecule has 6 nitrogen and oxygen atoms in total. The molecule has 1 saturated heterocycles. The molecule has 2 aliphatic rings. The second-order valence-corrected chi connectivity index (χ2v) is 7.88. The van der Waals surface area contributed by atoms with E-state index in [1.165, 1.54) is 18.3 Å². The van der Waals surface area contributed by atoms with Crippen LogP contribution in [0.5, 0.6) is 0 Å². The van der Waals surface area contributed by atoms with E-state index >= 15 is 0 Å². The summed E-state index contributed by atoms with van der Waals surface area (Å²) >= 11 is 0. The smallest absolute Gasteiger partial charge is 0.369 e. The quantitative estimate of drug-likeness (QED) is 0.678. The Balaban J connectivity index is 1.57. The summed E-state index contributed by atoms with van der Waals surface area (Å²) in [6.07, 6.45) is -2.27. The van der Waals surface area contributed by atoms with Crippen molar-refractivity contribution in [3.05, 3.63) is 53.6 Å². The van der Waals surface area contributed by atoms with Crippen LogP contribution in [0.15, 0.2) is 47.5 Å². The number of nitrogens with zero attached hydrogens (tertiary/aromatic N) is 2. The molecule has 0 radical (unpaired) electrons. The second kappa shape index (κ2) is 8.64. The Labute approximate surface area is 183 Å². The van der Waals surface area contributed by atoms with E-state index in [0.717, 1.165) is 11.6 Å². The molecule has 0 aromatic heterocycles. The van der Waals surface area contributed by atoms with Crippen LogP contribution >= 0.6 is 0 Å². The fourth-order valence-corrected chi connectivity index (χ4v) is 4.08. The number of rotatable bonds is 5. The van der Waals surface area contributed by atoms with Crippen LogP contribution in [0.25, 0.3) is 0 Å². The van der Waals surface area contributed by atoms with E-state index in [1.54, 1.807) is 36.1 Å². The number of aliphatic imine (C=N–C) groups is 1. The van der Waals surface area contributed by atoms with E-state index in [9.17, 15) is 22.8 Å². The molecule has 0 saturated carbocycles. The number of alkyl halides is 3. The summed E-state index contributed by atoms with van der Waals surface area (Å²) < 4.78 is 41.5. The topological polar surface area (TPSA) is 73.8 Å². The molecule has 0 bridgehead atoms. The predicted molar refractivity (Wildman–Crippen MR) is 116 cm³/mol. The third kappa shape index (κ3) is 4.46. The average Bonchev–Trinajstić information content (AvgIpc) is 3.35. The van der Waals surface area contributed by atoms with E-state index in [1.807, 2.05) is 0 Å². The van der Waals surface area contributed by atoms with Crippen molar-refractivity contribution in [2.24, 2.45) is 4.99 Å². The number of benzene rings is 2. The first-order chi connectivity index (χ1) is 15.3. The summed E-state index contributed by atoms with van der Waals surface area (Å²) in [6.45, 7) is 2.46. The molecule has 4 rings (SSSR count). The molecule has 1 fully saturated rings. The fourth-order valence-electron chi connectivity index (χ4n) is 4.08. The van der Waals surface area contributed by atoms with Gasteiger partial charge in [-0.25, -0.2) is 0 Å². The van der Waals surface area contributed by atoms with Crippen LogP contribution in [-0.2, 0) is 15.8 Å². The number of fused-ring (bicyclic) bond motifs is 1. The lowest BCUT2D eigenvalue weighted by Gasteiger charge is -2.23. The molecule has 0 aliphatic carbocycles. The van der Waals surface area contributed by atoms with Gasteiger partial charge in [-0.05, 0) is 36.2 Å². The first-order valence-electron chi connectivity index (χ1n) is 10.5. The van der Waals surface area contributed by atoms with Crippen LogP contribution in [0.4, 0.5) is 30.2 Å². The van der Waals surface area contributed by atoms with Gasteiger partial charge < -0.3 is 15.5 Å². The van der Waals surface area contributed by atoms with Gasteiger partial charge in [0.25, 0.3) is 0 Å². The van der Waals surface area contributed by atoms with E-state index < -0.39 is 17.7 Å². The van der Waals surface area contributed by atoms with Crippen LogP contribution in [-0.4, -0.2) is 37.2 Å². The van der Waals surface area contributed by atoms with Crippen molar-refractivity contribution in [1.29, 1.82) is 0 Å². The molecule has 2 N–H and O–H groups in total. The Morgan fingerprint density at radius 3 is 2.81 bits per heavy atom. The van der Waals surface area contributed by atoms with Crippen LogP contribution in [0.3, 0.4) is 0 Å². The van der Waals surface area contributed by atoms with Crippen LogP contribution in [0.2, 0.25) is 0 Å². The van der Waals surface area contributed by atoms with Crippen molar-refractivity contribution < 1.29 is 22.8 Å². The van der Waals surface area contributed by atoms with E-state index in [-0.39, 0.29) is 29.2 Å². The van der Waals surface area contributed by atoms with Crippen molar-refractivity contribution in [2.75, 3.05) is 23.3 Å². The second-order valence-electron chi connectivity index (χ2n) is 7.88. The number of anilines is 2. The molecule has 2 amide bonds. The molecule has 0 spiro atoms. The van der Waals surface area contributed by atoms with Gasteiger partial charge in [0.05, 0.1) is 11.3 Å². The minimum Gasteiger partial charge on any atom is -0.369 e. The molecule has 2 aliphatic heterocycles. The maximum Gasteiger partial charge on any atom is 0.418 e. The Hall–Kier alpha value is -3.36. The Morgan fingerprint density at radius 1 is 1.28 bits per heavy atom. The zero-order chi connectivity index (χ0) is 22.9. The van der Waals surface area contributed by atoms with Gasteiger partial charge in [-0.3, -0.25) is 14.6 Å². The maximum atomic E-state index is 13.8. The summed E-state index contributed by atoms with van der Waals surface area (Å²) in [5.41, 5.74) is 0.818. The van der Waals surface area contributed by atoms with Gasteiger partial charge in [0.1, 0.15) is 5.92 Å². The molecule has 2 aromatic rings. The van der Waals surface area contributed by atoms with Gasteiger partial charge in [0.15, 0.2) is 0 Å². The molecule has 168 valence electrons. The minimum atomic E-state index is -4.57. The van der Waals surface area contributed by atoms with Gasteiger partial charge in [-0.2, -0.15) is 13.2 Å². The standard InChI is InChI=1S/C23H23F3N4O2/c1-2-21(31)28-15-9-10-30(13-15)20-8-7-14(11-18(20)23(24,25)26)27-12-17-16-5-3-4-6-19(16)29-22(17)32/h3-8,11-12,15,17H,2,9-10,13H2,1H3,(H,28,31)(H,29,32). The van der Waals surface area contributed by atoms with E-state index in [2.05, 4.69) is 15.6 Å².